The summed E-state index contributed by atoms with van der Waals surface area (Å²) in [4.78, 5) is 14.9. The van der Waals surface area contributed by atoms with Crippen molar-refractivity contribution in [3.8, 4) is 5.75 Å². The van der Waals surface area contributed by atoms with Gasteiger partial charge in [0, 0.05) is 26.7 Å². The van der Waals surface area contributed by atoms with E-state index in [-0.39, 0.29) is 11.9 Å². The van der Waals surface area contributed by atoms with Gasteiger partial charge in [0.25, 0.3) is 5.91 Å². The van der Waals surface area contributed by atoms with E-state index in [0.29, 0.717) is 18.9 Å². The lowest BCUT2D eigenvalue weighted by molar-refractivity contribution is -0.127. The summed E-state index contributed by atoms with van der Waals surface area (Å²) < 4.78 is 11.1. The summed E-state index contributed by atoms with van der Waals surface area (Å²) in [5.41, 5.74) is 6.50. The Balaban J connectivity index is 1.61. The molecule has 2 atom stereocenters. The maximum absolute atomic E-state index is 12.4. The smallest absolute Gasteiger partial charge is 0.260 e. The number of carbonyl (C=O) groups is 1. The van der Waals surface area contributed by atoms with Gasteiger partial charge in [-0.25, -0.2) is 0 Å². The van der Waals surface area contributed by atoms with Gasteiger partial charge in [-0.1, -0.05) is 60.7 Å². The molecular formula is C29H34N2O3. The molecule has 0 saturated carbocycles. The fourth-order valence-electron chi connectivity index (χ4n) is 4.60. The Morgan fingerprint density at radius 3 is 2.62 bits per heavy atom. The molecule has 34 heavy (non-hydrogen) atoms. The van der Waals surface area contributed by atoms with Gasteiger partial charge in [0.1, 0.15) is 5.75 Å². The number of nitrogens with zero attached hydrogens (tertiary/aromatic N) is 1. The number of rotatable bonds is 9. The van der Waals surface area contributed by atoms with Gasteiger partial charge in [-0.15, -0.1) is 0 Å². The zero-order chi connectivity index (χ0) is 23.9. The van der Waals surface area contributed by atoms with Crippen LogP contribution in [0, 0.1) is 6.92 Å². The van der Waals surface area contributed by atoms with Gasteiger partial charge in [0.2, 0.25) is 0 Å². The van der Waals surface area contributed by atoms with Crippen molar-refractivity contribution in [1.29, 1.82) is 0 Å². The molecule has 1 aliphatic heterocycles. The summed E-state index contributed by atoms with van der Waals surface area (Å²) in [7, 11) is 1.62. The second-order valence-electron chi connectivity index (χ2n) is 8.86. The van der Waals surface area contributed by atoms with E-state index in [9.17, 15) is 4.79 Å². The highest BCUT2D eigenvalue weighted by molar-refractivity contribution is 5.80. The Labute approximate surface area is 202 Å². The quantitative estimate of drug-likeness (QED) is 0.474. The molecule has 0 saturated heterocycles. The highest BCUT2D eigenvalue weighted by Gasteiger charge is 2.29. The van der Waals surface area contributed by atoms with Crippen LogP contribution in [-0.4, -0.2) is 43.7 Å². The highest BCUT2D eigenvalue weighted by atomic mass is 16.5. The Kier molecular flexibility index (Phi) is 7.99. The van der Waals surface area contributed by atoms with Gasteiger partial charge < -0.3 is 14.8 Å². The largest absolute Gasteiger partial charge is 0.481 e. The summed E-state index contributed by atoms with van der Waals surface area (Å²) in [6, 6.07) is 25.6. The summed E-state index contributed by atoms with van der Waals surface area (Å²) in [5, 5.41) is 2.84. The molecule has 178 valence electrons. The van der Waals surface area contributed by atoms with Crippen LogP contribution in [0.4, 0.5) is 0 Å². The van der Waals surface area contributed by atoms with Crippen molar-refractivity contribution >= 4 is 5.91 Å². The minimum absolute atomic E-state index is 0.124. The Morgan fingerprint density at radius 1 is 1.09 bits per heavy atom. The number of amides is 1. The molecule has 0 radical (unpaired) electrons. The van der Waals surface area contributed by atoms with Crippen LogP contribution in [0.5, 0.6) is 5.75 Å². The van der Waals surface area contributed by atoms with Gasteiger partial charge in [-0.05, 0) is 60.2 Å². The molecule has 1 heterocycles. The molecule has 0 fully saturated rings. The molecule has 0 aromatic heterocycles. The molecule has 5 heteroatoms. The zero-order valence-corrected chi connectivity index (χ0v) is 20.3. The molecule has 1 aliphatic rings. The summed E-state index contributed by atoms with van der Waals surface area (Å²) >= 11 is 0. The van der Waals surface area contributed by atoms with E-state index < -0.39 is 6.10 Å². The molecule has 3 aromatic rings. The molecule has 3 aromatic carbocycles. The van der Waals surface area contributed by atoms with Crippen LogP contribution >= 0.6 is 0 Å². The fourth-order valence-corrected chi connectivity index (χ4v) is 4.60. The van der Waals surface area contributed by atoms with Crippen LogP contribution in [0.15, 0.2) is 72.8 Å². The SMILES string of the molecule is COCCNC(=O)C(C)Oc1ccc2c(c1)C(c1ccccc1)N(Cc1ccccc1C)CC2. The minimum Gasteiger partial charge on any atom is -0.481 e. The van der Waals surface area contributed by atoms with Crippen molar-refractivity contribution in [2.75, 3.05) is 26.8 Å². The lowest BCUT2D eigenvalue weighted by Crippen LogP contribution is -2.38. The third kappa shape index (κ3) is 5.66. The Hall–Kier alpha value is -3.15. The zero-order valence-electron chi connectivity index (χ0n) is 20.3. The van der Waals surface area contributed by atoms with Crippen LogP contribution < -0.4 is 10.1 Å². The average Bonchev–Trinajstić information content (AvgIpc) is 2.85. The molecule has 2 unspecified atom stereocenters. The van der Waals surface area contributed by atoms with E-state index in [1.54, 1.807) is 14.0 Å². The predicted molar refractivity (Wildman–Crippen MR) is 135 cm³/mol. The molecule has 1 N–H and O–H groups in total. The summed E-state index contributed by atoms with van der Waals surface area (Å²) in [6.45, 7) is 6.77. The third-order valence-corrected chi connectivity index (χ3v) is 6.48. The van der Waals surface area contributed by atoms with E-state index >= 15 is 0 Å². The first-order chi connectivity index (χ1) is 16.6. The average molecular weight is 459 g/mol. The number of ether oxygens (including phenoxy) is 2. The monoisotopic (exact) mass is 458 g/mol. The highest BCUT2D eigenvalue weighted by Crippen LogP contribution is 2.38. The van der Waals surface area contributed by atoms with Crippen LogP contribution in [0.3, 0.4) is 0 Å². The van der Waals surface area contributed by atoms with Crippen LogP contribution in [0.25, 0.3) is 0 Å². The first kappa shape index (κ1) is 24.0. The fraction of sp³-hybridized carbons (Fsp3) is 0.345. The first-order valence-electron chi connectivity index (χ1n) is 12.0. The number of carbonyl (C=O) groups excluding carboxylic acids is 1. The number of benzene rings is 3. The summed E-state index contributed by atoms with van der Waals surface area (Å²) in [6.07, 6.45) is 0.398. The van der Waals surface area contributed by atoms with E-state index in [4.69, 9.17) is 9.47 Å². The Morgan fingerprint density at radius 2 is 1.85 bits per heavy atom. The Bertz CT molecular complexity index is 1100. The van der Waals surface area contributed by atoms with Crippen LogP contribution in [-0.2, 0) is 22.5 Å². The van der Waals surface area contributed by atoms with E-state index in [1.807, 2.05) is 6.07 Å². The van der Waals surface area contributed by atoms with Crippen molar-refractivity contribution in [3.63, 3.8) is 0 Å². The maximum atomic E-state index is 12.4. The summed E-state index contributed by atoms with van der Waals surface area (Å²) in [5.74, 6) is 0.572. The first-order valence-corrected chi connectivity index (χ1v) is 12.0. The van der Waals surface area contributed by atoms with Crippen LogP contribution in [0.2, 0.25) is 0 Å². The minimum atomic E-state index is -0.586. The van der Waals surface area contributed by atoms with Crippen molar-refractivity contribution in [2.24, 2.45) is 0 Å². The molecule has 5 nitrogen and oxygen atoms in total. The number of aryl methyl sites for hydroxylation is 1. The maximum Gasteiger partial charge on any atom is 0.260 e. The van der Waals surface area contributed by atoms with Crippen molar-refractivity contribution < 1.29 is 14.3 Å². The van der Waals surface area contributed by atoms with Gasteiger partial charge in [-0.3, -0.25) is 9.69 Å². The van der Waals surface area contributed by atoms with Gasteiger partial charge in [-0.2, -0.15) is 0 Å². The second kappa shape index (κ2) is 11.3. The van der Waals surface area contributed by atoms with E-state index in [0.717, 1.165) is 19.5 Å². The van der Waals surface area contributed by atoms with Crippen LogP contribution in [0.1, 0.15) is 40.8 Å². The molecule has 4 rings (SSSR count). The van der Waals surface area contributed by atoms with E-state index in [1.165, 1.54) is 27.8 Å². The van der Waals surface area contributed by atoms with Crippen molar-refractivity contribution in [1.82, 2.24) is 10.2 Å². The molecule has 0 bridgehead atoms. The lowest BCUT2D eigenvalue weighted by atomic mass is 9.87. The topological polar surface area (TPSA) is 50.8 Å². The predicted octanol–water partition coefficient (Wildman–Crippen LogP) is 4.67. The number of fused-ring (bicyclic) bond motifs is 1. The van der Waals surface area contributed by atoms with Crippen molar-refractivity contribution in [2.45, 2.75) is 39.0 Å². The third-order valence-electron chi connectivity index (χ3n) is 6.48. The van der Waals surface area contributed by atoms with E-state index in [2.05, 4.69) is 83.9 Å². The normalized spacial score (nSPS) is 16.5. The van der Waals surface area contributed by atoms with Gasteiger partial charge in [0.05, 0.1) is 12.6 Å². The lowest BCUT2D eigenvalue weighted by Gasteiger charge is -2.38. The van der Waals surface area contributed by atoms with Crippen molar-refractivity contribution in [3.05, 3.63) is 101 Å². The number of methoxy groups -OCH3 is 1. The van der Waals surface area contributed by atoms with Gasteiger partial charge in [0.15, 0.2) is 6.10 Å². The molecule has 1 amide bonds. The molecule has 0 spiro atoms. The number of nitrogens with one attached hydrogen (secondary N) is 1. The molecular weight excluding hydrogens is 424 g/mol. The number of hydrogen-bond acceptors (Lipinski definition) is 4. The number of hydrogen-bond donors (Lipinski definition) is 1. The standard InChI is InChI=1S/C29H34N2O3/c1-21-9-7-8-12-25(21)20-31-17-15-23-13-14-26(34-22(2)29(32)30-16-18-33-3)19-27(23)28(31)24-10-5-4-6-11-24/h4-14,19,22,28H,15-18,20H2,1-3H3,(H,30,32). The molecule has 0 aliphatic carbocycles. The van der Waals surface area contributed by atoms with Gasteiger partial charge >= 0.3 is 0 Å². The second-order valence-corrected chi connectivity index (χ2v) is 8.86.